The van der Waals surface area contributed by atoms with Crippen molar-refractivity contribution in [1.29, 1.82) is 0 Å². The largest absolute Gasteiger partial charge is 0.373 e. The molecule has 7 heteroatoms. The van der Waals surface area contributed by atoms with E-state index in [2.05, 4.69) is 57.7 Å². The minimum Gasteiger partial charge on any atom is -0.373 e. The molecular formula is C23H34IN5O. The lowest BCUT2D eigenvalue weighted by atomic mass is 9.89. The monoisotopic (exact) mass is 523 g/mol. The van der Waals surface area contributed by atoms with E-state index in [9.17, 15) is 0 Å². The van der Waals surface area contributed by atoms with Crippen molar-refractivity contribution in [1.82, 2.24) is 20.0 Å². The summed E-state index contributed by atoms with van der Waals surface area (Å²) in [5.41, 5.74) is 3.90. The molecule has 4 rings (SSSR count). The molecule has 0 aliphatic carbocycles. The van der Waals surface area contributed by atoms with Crippen LogP contribution in [0.2, 0.25) is 0 Å². The van der Waals surface area contributed by atoms with E-state index in [0.717, 1.165) is 45.0 Å². The average Bonchev–Trinajstić information content (AvgIpc) is 3.39. The van der Waals surface area contributed by atoms with E-state index in [1.165, 1.54) is 23.1 Å². The third kappa shape index (κ3) is 5.35. The second-order valence-corrected chi connectivity index (χ2v) is 8.41. The van der Waals surface area contributed by atoms with Gasteiger partial charge in [0.1, 0.15) is 0 Å². The number of hydrogen-bond donors (Lipinski definition) is 1. The topological polar surface area (TPSA) is 54.7 Å². The Morgan fingerprint density at radius 3 is 2.73 bits per heavy atom. The number of aliphatic imine (C=N–C) groups is 1. The standard InChI is InChI=1S/C23H33N5O.HI/c1-17-6-8-18(9-7-17)22-19(5-4-12-29-22)13-25-23(24-2)28-11-10-20(16-28)21-14-26-27(3)15-21;/h6-9,14-15,19-20,22H,4-5,10-13,16H2,1-3H3,(H,24,25);1H. The van der Waals surface area contributed by atoms with E-state index >= 15 is 0 Å². The predicted octanol–water partition coefficient (Wildman–Crippen LogP) is 3.88. The lowest BCUT2D eigenvalue weighted by molar-refractivity contribution is -0.0266. The number of ether oxygens (including phenoxy) is 1. The van der Waals surface area contributed by atoms with Crippen LogP contribution in [0.25, 0.3) is 0 Å². The summed E-state index contributed by atoms with van der Waals surface area (Å²) in [5.74, 6) is 1.99. The Labute approximate surface area is 197 Å². The number of rotatable bonds is 4. The fourth-order valence-electron chi connectivity index (χ4n) is 4.61. The van der Waals surface area contributed by atoms with Crippen LogP contribution in [0.4, 0.5) is 0 Å². The lowest BCUT2D eigenvalue weighted by Gasteiger charge is -2.33. The Balaban J connectivity index is 0.00000256. The molecule has 0 radical (unpaired) electrons. The number of nitrogens with one attached hydrogen (secondary N) is 1. The molecule has 2 saturated heterocycles. The summed E-state index contributed by atoms with van der Waals surface area (Å²) in [4.78, 5) is 6.94. The number of likely N-dealkylation sites (tertiary alicyclic amines) is 1. The molecule has 0 amide bonds. The van der Waals surface area contributed by atoms with E-state index in [1.807, 2.05) is 25.0 Å². The van der Waals surface area contributed by atoms with Crippen molar-refractivity contribution in [3.05, 3.63) is 53.3 Å². The second kappa shape index (κ2) is 10.6. The molecule has 1 aromatic carbocycles. The van der Waals surface area contributed by atoms with E-state index in [1.54, 1.807) is 0 Å². The van der Waals surface area contributed by atoms with Crippen molar-refractivity contribution in [3.8, 4) is 0 Å². The minimum atomic E-state index is 0. The first-order valence-corrected chi connectivity index (χ1v) is 10.8. The van der Waals surface area contributed by atoms with Crippen LogP contribution in [-0.4, -0.2) is 53.9 Å². The smallest absolute Gasteiger partial charge is 0.193 e. The number of nitrogens with zero attached hydrogens (tertiary/aromatic N) is 4. The van der Waals surface area contributed by atoms with E-state index < -0.39 is 0 Å². The van der Waals surface area contributed by atoms with Gasteiger partial charge in [-0.2, -0.15) is 5.10 Å². The predicted molar refractivity (Wildman–Crippen MR) is 132 cm³/mol. The van der Waals surface area contributed by atoms with Gasteiger partial charge in [0.15, 0.2) is 5.96 Å². The van der Waals surface area contributed by atoms with Gasteiger partial charge in [-0.1, -0.05) is 29.8 Å². The molecule has 6 nitrogen and oxygen atoms in total. The van der Waals surface area contributed by atoms with Gasteiger partial charge in [0.2, 0.25) is 0 Å². The van der Waals surface area contributed by atoms with Crippen LogP contribution < -0.4 is 5.32 Å². The Kier molecular flexibility index (Phi) is 8.16. The van der Waals surface area contributed by atoms with Crippen molar-refractivity contribution in [2.45, 2.75) is 38.2 Å². The summed E-state index contributed by atoms with van der Waals surface area (Å²) in [7, 11) is 3.86. The first-order valence-electron chi connectivity index (χ1n) is 10.8. The molecule has 2 aromatic rings. The van der Waals surface area contributed by atoms with Gasteiger partial charge in [-0.15, -0.1) is 24.0 Å². The molecule has 2 fully saturated rings. The molecule has 3 unspecified atom stereocenters. The number of hydrogen-bond acceptors (Lipinski definition) is 3. The van der Waals surface area contributed by atoms with Crippen LogP contribution in [0.15, 0.2) is 41.7 Å². The SMILES string of the molecule is CN=C(NCC1CCCOC1c1ccc(C)cc1)N1CCC(c2cnn(C)c2)C1.I. The van der Waals surface area contributed by atoms with E-state index in [4.69, 9.17) is 4.74 Å². The Bertz CT molecular complexity index is 834. The van der Waals surface area contributed by atoms with Crippen LogP contribution in [0.1, 0.15) is 48.0 Å². The summed E-state index contributed by atoms with van der Waals surface area (Å²) >= 11 is 0. The van der Waals surface area contributed by atoms with Crippen molar-refractivity contribution >= 4 is 29.9 Å². The van der Waals surface area contributed by atoms with Crippen molar-refractivity contribution in [2.75, 3.05) is 33.3 Å². The molecule has 30 heavy (non-hydrogen) atoms. The highest BCUT2D eigenvalue weighted by Crippen LogP contribution is 2.33. The highest BCUT2D eigenvalue weighted by molar-refractivity contribution is 14.0. The molecule has 1 aromatic heterocycles. The summed E-state index contributed by atoms with van der Waals surface area (Å²) in [6.45, 7) is 5.89. The first-order chi connectivity index (χ1) is 14.1. The number of benzene rings is 1. The van der Waals surface area contributed by atoms with Gasteiger partial charge in [-0.3, -0.25) is 9.67 Å². The molecular weight excluding hydrogens is 489 g/mol. The lowest BCUT2D eigenvalue weighted by Crippen LogP contribution is -2.43. The zero-order valence-corrected chi connectivity index (χ0v) is 20.6. The average molecular weight is 523 g/mol. The molecule has 0 bridgehead atoms. The van der Waals surface area contributed by atoms with Crippen LogP contribution in [0.5, 0.6) is 0 Å². The zero-order valence-electron chi connectivity index (χ0n) is 18.3. The molecule has 2 aliphatic heterocycles. The third-order valence-electron chi connectivity index (χ3n) is 6.27. The van der Waals surface area contributed by atoms with Crippen LogP contribution in [0.3, 0.4) is 0 Å². The number of guanidine groups is 1. The quantitative estimate of drug-likeness (QED) is 0.376. The summed E-state index contributed by atoms with van der Waals surface area (Å²) < 4.78 is 8.07. The van der Waals surface area contributed by atoms with Gasteiger partial charge >= 0.3 is 0 Å². The van der Waals surface area contributed by atoms with Gasteiger partial charge in [0, 0.05) is 58.4 Å². The zero-order chi connectivity index (χ0) is 20.2. The van der Waals surface area contributed by atoms with Crippen LogP contribution in [0, 0.1) is 12.8 Å². The third-order valence-corrected chi connectivity index (χ3v) is 6.27. The Morgan fingerprint density at radius 2 is 2.03 bits per heavy atom. The van der Waals surface area contributed by atoms with Crippen molar-refractivity contribution < 1.29 is 4.74 Å². The minimum absolute atomic E-state index is 0. The van der Waals surface area contributed by atoms with Crippen molar-refractivity contribution in [2.24, 2.45) is 18.0 Å². The normalized spacial score (nSPS) is 24.6. The van der Waals surface area contributed by atoms with Gasteiger partial charge in [-0.05, 0) is 37.3 Å². The molecule has 1 N–H and O–H groups in total. The molecule has 3 atom stereocenters. The number of aromatic nitrogens is 2. The second-order valence-electron chi connectivity index (χ2n) is 8.41. The summed E-state index contributed by atoms with van der Waals surface area (Å²) in [6.07, 6.45) is 7.74. The number of aryl methyl sites for hydroxylation is 2. The van der Waals surface area contributed by atoms with Crippen molar-refractivity contribution in [3.63, 3.8) is 0 Å². The highest BCUT2D eigenvalue weighted by atomic mass is 127. The molecule has 0 spiro atoms. The maximum Gasteiger partial charge on any atom is 0.193 e. The summed E-state index contributed by atoms with van der Waals surface area (Å²) in [6, 6.07) is 8.79. The molecule has 164 valence electrons. The Morgan fingerprint density at radius 1 is 1.23 bits per heavy atom. The van der Waals surface area contributed by atoms with Crippen LogP contribution in [-0.2, 0) is 11.8 Å². The fourth-order valence-corrected chi connectivity index (χ4v) is 4.61. The summed E-state index contributed by atoms with van der Waals surface area (Å²) in [5, 5.41) is 7.97. The van der Waals surface area contributed by atoms with Gasteiger partial charge in [-0.25, -0.2) is 0 Å². The molecule has 0 saturated carbocycles. The highest BCUT2D eigenvalue weighted by Gasteiger charge is 2.30. The number of halogens is 1. The van der Waals surface area contributed by atoms with Gasteiger partial charge < -0.3 is 15.0 Å². The molecule has 3 heterocycles. The maximum absolute atomic E-state index is 6.18. The fraction of sp³-hybridized carbons (Fsp3) is 0.565. The van der Waals surface area contributed by atoms with E-state index in [-0.39, 0.29) is 30.1 Å². The molecule has 2 aliphatic rings. The first kappa shape index (κ1) is 23.1. The maximum atomic E-state index is 6.18. The Hall–Kier alpha value is -1.61. The van der Waals surface area contributed by atoms with Crippen LogP contribution >= 0.6 is 24.0 Å². The van der Waals surface area contributed by atoms with E-state index in [0.29, 0.717) is 11.8 Å². The van der Waals surface area contributed by atoms with Gasteiger partial charge in [0.05, 0.1) is 12.3 Å². The van der Waals surface area contributed by atoms with Gasteiger partial charge in [0.25, 0.3) is 0 Å².